The molecule has 7 heteroatoms. The molecule has 0 radical (unpaired) electrons. The number of hydrogen-bond acceptors (Lipinski definition) is 5. The van der Waals surface area contributed by atoms with Crippen molar-refractivity contribution in [2.45, 2.75) is 6.54 Å². The molecule has 0 saturated carbocycles. The second-order valence-electron chi connectivity index (χ2n) is 6.16. The third-order valence-electron chi connectivity index (χ3n) is 4.34. The Hall–Kier alpha value is -4.05. The Balaban J connectivity index is 1.94. The molecule has 0 bridgehead atoms. The van der Waals surface area contributed by atoms with Gasteiger partial charge in [-0.25, -0.2) is 0 Å². The number of fused-ring (bicyclic) bond motifs is 1. The predicted molar refractivity (Wildman–Crippen MR) is 109 cm³/mol. The highest BCUT2D eigenvalue weighted by Crippen LogP contribution is 2.24. The van der Waals surface area contributed by atoms with Gasteiger partial charge in [-0.15, -0.1) is 0 Å². The van der Waals surface area contributed by atoms with E-state index < -0.39 is 11.9 Å². The van der Waals surface area contributed by atoms with Crippen LogP contribution in [-0.2, 0) is 20.9 Å². The van der Waals surface area contributed by atoms with E-state index in [1.54, 1.807) is 35.0 Å². The van der Waals surface area contributed by atoms with Gasteiger partial charge in [-0.05, 0) is 24.3 Å². The van der Waals surface area contributed by atoms with Gasteiger partial charge in [-0.1, -0.05) is 24.3 Å². The number of amides is 1. The molecule has 3 aromatic rings. The summed E-state index contributed by atoms with van der Waals surface area (Å²) in [6, 6.07) is 16.2. The van der Waals surface area contributed by atoms with E-state index in [0.717, 1.165) is 10.9 Å². The van der Waals surface area contributed by atoms with E-state index in [9.17, 15) is 14.9 Å². The Morgan fingerprint density at radius 3 is 2.69 bits per heavy atom. The Morgan fingerprint density at radius 2 is 1.97 bits per heavy atom. The SMILES string of the molecule is COC(=O)Cn1cc(/C=C(/C#N)C(=O)Nc2cccc(OC)c2)c2ccccc21. The highest BCUT2D eigenvalue weighted by molar-refractivity contribution is 6.10. The number of carbonyl (C=O) groups is 2. The van der Waals surface area contributed by atoms with Gasteiger partial charge in [-0.2, -0.15) is 5.26 Å². The fourth-order valence-electron chi connectivity index (χ4n) is 2.93. The number of nitriles is 1. The van der Waals surface area contributed by atoms with Crippen LogP contribution in [0.15, 0.2) is 60.3 Å². The molecule has 0 spiro atoms. The highest BCUT2D eigenvalue weighted by Gasteiger charge is 2.14. The third-order valence-corrected chi connectivity index (χ3v) is 4.34. The van der Waals surface area contributed by atoms with Crippen molar-refractivity contribution < 1.29 is 19.1 Å². The molecule has 29 heavy (non-hydrogen) atoms. The molecule has 1 heterocycles. The lowest BCUT2D eigenvalue weighted by Gasteiger charge is -2.06. The number of rotatable bonds is 6. The van der Waals surface area contributed by atoms with Gasteiger partial charge >= 0.3 is 5.97 Å². The maximum absolute atomic E-state index is 12.6. The fraction of sp³-hybridized carbons (Fsp3) is 0.136. The van der Waals surface area contributed by atoms with Crippen LogP contribution in [0.5, 0.6) is 5.75 Å². The lowest BCUT2D eigenvalue weighted by Crippen LogP contribution is -2.13. The van der Waals surface area contributed by atoms with Gasteiger partial charge in [0.15, 0.2) is 0 Å². The van der Waals surface area contributed by atoms with Gasteiger partial charge in [-0.3, -0.25) is 9.59 Å². The van der Waals surface area contributed by atoms with Crippen LogP contribution in [0, 0.1) is 11.3 Å². The molecule has 0 unspecified atom stereocenters. The molecule has 1 aromatic heterocycles. The lowest BCUT2D eigenvalue weighted by atomic mass is 10.1. The predicted octanol–water partition coefficient (Wildman–Crippen LogP) is 3.37. The van der Waals surface area contributed by atoms with Gasteiger partial charge in [0.2, 0.25) is 0 Å². The first-order valence-corrected chi connectivity index (χ1v) is 8.77. The summed E-state index contributed by atoms with van der Waals surface area (Å²) in [7, 11) is 2.86. The van der Waals surface area contributed by atoms with Gasteiger partial charge in [0.05, 0.1) is 14.2 Å². The third kappa shape index (κ3) is 4.45. The number of aromatic nitrogens is 1. The number of ether oxygens (including phenoxy) is 2. The van der Waals surface area contributed by atoms with E-state index in [1.165, 1.54) is 20.3 Å². The second kappa shape index (κ2) is 8.76. The first kappa shape index (κ1) is 19.7. The normalized spacial score (nSPS) is 11.0. The van der Waals surface area contributed by atoms with Crippen LogP contribution >= 0.6 is 0 Å². The minimum Gasteiger partial charge on any atom is -0.497 e. The molecule has 1 amide bonds. The summed E-state index contributed by atoms with van der Waals surface area (Å²) in [5.74, 6) is -0.334. The zero-order valence-electron chi connectivity index (χ0n) is 16.0. The molecule has 0 aliphatic rings. The van der Waals surface area contributed by atoms with E-state index >= 15 is 0 Å². The van der Waals surface area contributed by atoms with Crippen LogP contribution in [-0.4, -0.2) is 30.7 Å². The van der Waals surface area contributed by atoms with Crippen LogP contribution in [0.3, 0.4) is 0 Å². The number of anilines is 1. The summed E-state index contributed by atoms with van der Waals surface area (Å²) < 4.78 is 11.6. The monoisotopic (exact) mass is 389 g/mol. The first-order valence-electron chi connectivity index (χ1n) is 8.77. The van der Waals surface area contributed by atoms with Crippen molar-refractivity contribution in [2.75, 3.05) is 19.5 Å². The minimum atomic E-state index is -0.537. The van der Waals surface area contributed by atoms with Crippen molar-refractivity contribution in [1.29, 1.82) is 5.26 Å². The average molecular weight is 389 g/mol. The number of para-hydroxylation sites is 1. The summed E-state index contributed by atoms with van der Waals surface area (Å²) in [5.41, 5.74) is 1.91. The van der Waals surface area contributed by atoms with Gasteiger partial charge in [0.1, 0.15) is 23.9 Å². The summed E-state index contributed by atoms with van der Waals surface area (Å²) in [6.07, 6.45) is 3.23. The molecule has 3 rings (SSSR count). The van der Waals surface area contributed by atoms with Crippen LogP contribution in [0.4, 0.5) is 5.69 Å². The number of benzene rings is 2. The van der Waals surface area contributed by atoms with Crippen molar-refractivity contribution in [2.24, 2.45) is 0 Å². The molecule has 2 aromatic carbocycles. The molecule has 7 nitrogen and oxygen atoms in total. The van der Waals surface area contributed by atoms with Gasteiger partial charge < -0.3 is 19.4 Å². The number of carbonyl (C=O) groups excluding carboxylic acids is 2. The number of nitrogens with one attached hydrogen (secondary N) is 1. The summed E-state index contributed by atoms with van der Waals surface area (Å²) in [5, 5.41) is 13.0. The van der Waals surface area contributed by atoms with Crippen LogP contribution in [0.25, 0.3) is 17.0 Å². The molecule has 0 fully saturated rings. The Kier molecular flexibility index (Phi) is 5.95. The Morgan fingerprint density at radius 1 is 1.17 bits per heavy atom. The second-order valence-corrected chi connectivity index (χ2v) is 6.16. The van der Waals surface area contributed by atoms with E-state index in [-0.39, 0.29) is 12.1 Å². The highest BCUT2D eigenvalue weighted by atomic mass is 16.5. The topological polar surface area (TPSA) is 93.4 Å². The number of methoxy groups -OCH3 is 2. The summed E-state index contributed by atoms with van der Waals surface area (Å²) in [4.78, 5) is 24.3. The van der Waals surface area contributed by atoms with Crippen molar-refractivity contribution >= 4 is 34.5 Å². The van der Waals surface area contributed by atoms with E-state index in [0.29, 0.717) is 17.0 Å². The molecular formula is C22H19N3O4. The van der Waals surface area contributed by atoms with Crippen molar-refractivity contribution in [3.63, 3.8) is 0 Å². The molecule has 146 valence electrons. The summed E-state index contributed by atoms with van der Waals surface area (Å²) >= 11 is 0. The van der Waals surface area contributed by atoms with Gasteiger partial charge in [0, 0.05) is 34.4 Å². The summed E-state index contributed by atoms with van der Waals surface area (Å²) in [6.45, 7) is 0.0305. The lowest BCUT2D eigenvalue weighted by molar-refractivity contribution is -0.141. The largest absolute Gasteiger partial charge is 0.497 e. The zero-order chi connectivity index (χ0) is 20.8. The molecule has 0 aliphatic carbocycles. The first-order chi connectivity index (χ1) is 14.0. The number of nitrogens with zero attached hydrogens (tertiary/aromatic N) is 2. The van der Waals surface area contributed by atoms with E-state index in [1.807, 2.05) is 30.3 Å². The quantitative estimate of drug-likeness (QED) is 0.396. The molecule has 0 atom stereocenters. The maximum atomic E-state index is 12.6. The molecule has 0 aliphatic heterocycles. The van der Waals surface area contributed by atoms with Crippen LogP contribution in [0.2, 0.25) is 0 Å². The number of esters is 1. The standard InChI is InChI=1S/C22H19N3O4/c1-28-18-7-5-6-17(11-18)24-22(27)15(12-23)10-16-13-25(14-21(26)29-2)20-9-4-3-8-19(16)20/h3-11,13H,14H2,1-2H3,(H,24,27)/b15-10-. The zero-order valence-corrected chi connectivity index (χ0v) is 16.0. The maximum Gasteiger partial charge on any atom is 0.325 e. The molecule has 0 saturated heterocycles. The van der Waals surface area contributed by atoms with E-state index in [2.05, 4.69) is 5.32 Å². The van der Waals surface area contributed by atoms with Crippen LogP contribution in [0.1, 0.15) is 5.56 Å². The Labute approximate surface area is 167 Å². The van der Waals surface area contributed by atoms with Crippen molar-refractivity contribution in [1.82, 2.24) is 4.57 Å². The van der Waals surface area contributed by atoms with Crippen molar-refractivity contribution in [3.8, 4) is 11.8 Å². The molecule has 1 N–H and O–H groups in total. The Bertz CT molecular complexity index is 1140. The van der Waals surface area contributed by atoms with Crippen molar-refractivity contribution in [3.05, 3.63) is 65.9 Å². The fourth-order valence-corrected chi connectivity index (χ4v) is 2.93. The van der Waals surface area contributed by atoms with E-state index in [4.69, 9.17) is 9.47 Å². The minimum absolute atomic E-state index is 0.0305. The molecular weight excluding hydrogens is 370 g/mol. The van der Waals surface area contributed by atoms with Crippen LogP contribution < -0.4 is 10.1 Å². The smallest absolute Gasteiger partial charge is 0.325 e. The van der Waals surface area contributed by atoms with Gasteiger partial charge in [0.25, 0.3) is 5.91 Å². The average Bonchev–Trinajstić information content (AvgIpc) is 3.09. The number of hydrogen-bond donors (Lipinski definition) is 1.